The highest BCUT2D eigenvalue weighted by Gasteiger charge is 2.22. The molecule has 0 spiro atoms. The predicted octanol–water partition coefficient (Wildman–Crippen LogP) is 3.15. The predicted molar refractivity (Wildman–Crippen MR) is 117 cm³/mol. The second-order valence-corrected chi connectivity index (χ2v) is 7.61. The topological polar surface area (TPSA) is 110 Å². The van der Waals surface area contributed by atoms with Gasteiger partial charge in [0.2, 0.25) is 11.7 Å². The minimum absolute atomic E-state index is 0. The number of ether oxygens (including phenoxy) is 1. The zero-order valence-corrected chi connectivity index (χ0v) is 18.1. The molecule has 0 amide bonds. The van der Waals surface area contributed by atoms with E-state index in [0.29, 0.717) is 29.3 Å². The summed E-state index contributed by atoms with van der Waals surface area (Å²) in [5, 5.41) is 11.8. The van der Waals surface area contributed by atoms with Gasteiger partial charge in [0.15, 0.2) is 0 Å². The Morgan fingerprint density at radius 2 is 1.97 bits per heavy atom. The molecule has 1 aliphatic heterocycles. The summed E-state index contributed by atoms with van der Waals surface area (Å²) in [4.78, 5) is 19.6. The average Bonchev–Trinajstić information content (AvgIpc) is 3.41. The van der Waals surface area contributed by atoms with E-state index in [1.165, 1.54) is 12.1 Å². The number of hydrogen-bond acceptors (Lipinski definition) is 7. The number of aromatic amines is 1. The molecule has 1 fully saturated rings. The summed E-state index contributed by atoms with van der Waals surface area (Å²) in [6.07, 6.45) is 3.79. The Bertz CT molecular complexity index is 1280. The number of halogens is 3. The molecule has 5 rings (SSSR count). The van der Waals surface area contributed by atoms with Crippen LogP contribution in [0.2, 0.25) is 0 Å². The zero-order valence-electron chi connectivity index (χ0n) is 17.3. The van der Waals surface area contributed by atoms with Gasteiger partial charge in [-0.2, -0.15) is 18.9 Å². The molecule has 4 aromatic rings. The fraction of sp³-hybridized carbons (Fsp3) is 0.333. The van der Waals surface area contributed by atoms with E-state index in [1.807, 2.05) is 0 Å². The van der Waals surface area contributed by atoms with E-state index in [0.717, 1.165) is 37.2 Å². The second kappa shape index (κ2) is 9.67. The lowest BCUT2D eigenvalue weighted by molar-refractivity contribution is -0.0498. The van der Waals surface area contributed by atoms with E-state index in [2.05, 4.69) is 30.3 Å². The lowest BCUT2D eigenvalue weighted by Gasteiger charge is -2.23. The van der Waals surface area contributed by atoms with Crippen LogP contribution in [0.25, 0.3) is 17.0 Å². The number of H-pyrrole nitrogens is 1. The number of rotatable bonds is 6. The van der Waals surface area contributed by atoms with Crippen LogP contribution in [0, 0.1) is 0 Å². The van der Waals surface area contributed by atoms with E-state index >= 15 is 0 Å². The maximum absolute atomic E-state index is 12.3. The Hall–Kier alpha value is -3.31. The highest BCUT2D eigenvalue weighted by Crippen LogP contribution is 2.27. The highest BCUT2D eigenvalue weighted by atomic mass is 35.5. The smallest absolute Gasteiger partial charge is 0.387 e. The van der Waals surface area contributed by atoms with E-state index in [4.69, 9.17) is 4.52 Å². The number of alkyl halides is 2. The van der Waals surface area contributed by atoms with Crippen molar-refractivity contribution in [3.05, 3.63) is 64.0 Å². The number of piperidine rings is 1. The second-order valence-electron chi connectivity index (χ2n) is 7.61. The summed E-state index contributed by atoms with van der Waals surface area (Å²) in [6.45, 7) is -1.07. The standard InChI is InChI=1S/C21H20F2N6O3.ClH/c22-21(23)31-14-3-1-12(2-4-14)9-18-27-19(28-32-18)15-11-25-29-16(10-17(30)26-20(15)29)13-5-7-24-8-6-13;/h1-4,10-11,13,21,24H,5-9H2,(H,26,30);1H. The van der Waals surface area contributed by atoms with Gasteiger partial charge in [0.25, 0.3) is 5.56 Å². The molecule has 0 radical (unpaired) electrons. The number of nitrogens with one attached hydrogen (secondary N) is 2. The van der Waals surface area contributed by atoms with E-state index in [1.54, 1.807) is 28.9 Å². The van der Waals surface area contributed by atoms with Crippen molar-refractivity contribution < 1.29 is 18.0 Å². The maximum Gasteiger partial charge on any atom is 0.387 e. The molecule has 12 heteroatoms. The van der Waals surface area contributed by atoms with Gasteiger partial charge in [-0.1, -0.05) is 17.3 Å². The molecule has 0 unspecified atom stereocenters. The Labute approximate surface area is 192 Å². The van der Waals surface area contributed by atoms with E-state index in [-0.39, 0.29) is 29.6 Å². The molecule has 2 N–H and O–H groups in total. The quantitative estimate of drug-likeness (QED) is 0.438. The van der Waals surface area contributed by atoms with Crippen LogP contribution in [0.1, 0.15) is 35.9 Å². The summed E-state index contributed by atoms with van der Waals surface area (Å²) in [7, 11) is 0. The summed E-state index contributed by atoms with van der Waals surface area (Å²) in [6, 6.07) is 7.82. The van der Waals surface area contributed by atoms with Gasteiger partial charge in [0.1, 0.15) is 11.4 Å². The van der Waals surface area contributed by atoms with Crippen molar-refractivity contribution in [2.24, 2.45) is 0 Å². The molecule has 1 aliphatic rings. The molecular weight excluding hydrogens is 458 g/mol. The molecule has 0 atom stereocenters. The number of nitrogens with zero attached hydrogens (tertiary/aromatic N) is 4. The van der Waals surface area contributed by atoms with Gasteiger partial charge in [-0.05, 0) is 43.6 Å². The molecule has 174 valence electrons. The van der Waals surface area contributed by atoms with Crippen molar-refractivity contribution in [1.29, 1.82) is 0 Å². The van der Waals surface area contributed by atoms with Crippen LogP contribution in [0.4, 0.5) is 8.78 Å². The number of benzene rings is 1. The Kier molecular flexibility index (Phi) is 6.70. The van der Waals surface area contributed by atoms with Crippen LogP contribution in [0.3, 0.4) is 0 Å². The lowest BCUT2D eigenvalue weighted by Crippen LogP contribution is -2.28. The van der Waals surface area contributed by atoms with Gasteiger partial charge in [0, 0.05) is 12.0 Å². The SMILES string of the molecule is Cl.O=c1cc(C2CCNCC2)n2ncc(-c3noc(Cc4ccc(OC(F)F)cc4)n3)c2[nH]1. The van der Waals surface area contributed by atoms with Crippen molar-refractivity contribution in [2.45, 2.75) is 31.8 Å². The molecule has 9 nitrogen and oxygen atoms in total. The van der Waals surface area contributed by atoms with Gasteiger partial charge >= 0.3 is 6.61 Å². The summed E-state index contributed by atoms with van der Waals surface area (Å²) in [5.41, 5.74) is 2.54. The van der Waals surface area contributed by atoms with Crippen LogP contribution < -0.4 is 15.6 Å². The first kappa shape index (κ1) is 22.9. The first-order valence-corrected chi connectivity index (χ1v) is 10.3. The van der Waals surface area contributed by atoms with Gasteiger partial charge in [-0.3, -0.25) is 4.79 Å². The van der Waals surface area contributed by atoms with Gasteiger partial charge < -0.3 is 19.6 Å². The third-order valence-electron chi connectivity index (χ3n) is 5.50. The molecule has 1 aromatic carbocycles. The maximum atomic E-state index is 12.3. The van der Waals surface area contributed by atoms with Crippen LogP contribution in [0.5, 0.6) is 5.75 Å². The number of hydrogen-bond donors (Lipinski definition) is 2. The molecular formula is C21H21ClF2N6O3. The van der Waals surface area contributed by atoms with Crippen molar-refractivity contribution in [2.75, 3.05) is 13.1 Å². The Morgan fingerprint density at radius 3 is 2.70 bits per heavy atom. The van der Waals surface area contributed by atoms with Crippen molar-refractivity contribution in [1.82, 2.24) is 30.1 Å². The highest BCUT2D eigenvalue weighted by molar-refractivity contribution is 5.85. The lowest BCUT2D eigenvalue weighted by atomic mass is 9.94. The molecule has 1 saturated heterocycles. The van der Waals surface area contributed by atoms with Crippen LogP contribution in [-0.2, 0) is 6.42 Å². The monoisotopic (exact) mass is 478 g/mol. The summed E-state index contributed by atoms with van der Waals surface area (Å²) >= 11 is 0. The van der Waals surface area contributed by atoms with Crippen LogP contribution in [0.15, 0.2) is 45.8 Å². The minimum Gasteiger partial charge on any atom is -0.435 e. The van der Waals surface area contributed by atoms with E-state index < -0.39 is 6.61 Å². The first-order chi connectivity index (χ1) is 15.6. The van der Waals surface area contributed by atoms with E-state index in [9.17, 15) is 13.6 Å². The van der Waals surface area contributed by atoms with Gasteiger partial charge in [-0.15, -0.1) is 12.4 Å². The summed E-state index contributed by atoms with van der Waals surface area (Å²) in [5.74, 6) is 0.978. The third-order valence-corrected chi connectivity index (χ3v) is 5.50. The first-order valence-electron chi connectivity index (χ1n) is 10.3. The summed E-state index contributed by atoms with van der Waals surface area (Å²) < 4.78 is 36.0. The molecule has 0 aliphatic carbocycles. The Balaban J connectivity index is 0.00000259. The third kappa shape index (κ3) is 4.88. The van der Waals surface area contributed by atoms with Crippen molar-refractivity contribution >= 4 is 18.1 Å². The number of fused-ring (bicyclic) bond motifs is 1. The fourth-order valence-corrected chi connectivity index (χ4v) is 3.98. The Morgan fingerprint density at radius 1 is 1.21 bits per heavy atom. The molecule has 33 heavy (non-hydrogen) atoms. The van der Waals surface area contributed by atoms with Crippen molar-refractivity contribution in [3.8, 4) is 17.1 Å². The van der Waals surface area contributed by atoms with Crippen LogP contribution in [-0.4, -0.2) is 44.4 Å². The zero-order chi connectivity index (χ0) is 22.1. The normalized spacial score (nSPS) is 14.5. The number of aromatic nitrogens is 5. The fourth-order valence-electron chi connectivity index (χ4n) is 3.98. The van der Waals surface area contributed by atoms with Gasteiger partial charge in [-0.25, -0.2) is 4.52 Å². The largest absolute Gasteiger partial charge is 0.435 e. The van der Waals surface area contributed by atoms with Crippen LogP contribution >= 0.6 is 12.4 Å². The van der Waals surface area contributed by atoms with Crippen molar-refractivity contribution in [3.63, 3.8) is 0 Å². The minimum atomic E-state index is -2.87. The van der Waals surface area contributed by atoms with Gasteiger partial charge in [0.05, 0.1) is 23.9 Å². The average molecular weight is 479 g/mol. The molecule has 0 saturated carbocycles. The molecule has 3 aromatic heterocycles. The molecule has 4 heterocycles. The molecule has 0 bridgehead atoms.